The van der Waals surface area contributed by atoms with E-state index < -0.39 is 0 Å². The molecule has 0 aliphatic heterocycles. The van der Waals surface area contributed by atoms with Crippen molar-refractivity contribution >= 4 is 22.3 Å². The Hall–Kier alpha value is -1.75. The Morgan fingerprint density at radius 2 is 2.21 bits per heavy atom. The number of carbonyl (C=O) groups is 1. The Bertz CT molecular complexity index is 452. The highest BCUT2D eigenvalue weighted by Gasteiger charge is 2.12. The zero-order valence-corrected chi connectivity index (χ0v) is 7.99. The van der Waals surface area contributed by atoms with Crippen molar-refractivity contribution in [2.45, 2.75) is 0 Å². The number of thiazole rings is 1. The second-order valence-corrected chi connectivity index (χ2v) is 3.67. The first-order valence-electron chi connectivity index (χ1n) is 3.94. The van der Waals surface area contributed by atoms with E-state index in [1.807, 2.05) is 0 Å². The molecule has 5 heteroatoms. The molecule has 0 aliphatic rings. The number of rotatable bonds is 2. The van der Waals surface area contributed by atoms with Crippen molar-refractivity contribution in [1.82, 2.24) is 9.97 Å². The second kappa shape index (κ2) is 3.55. The first kappa shape index (κ1) is 8.83. The van der Waals surface area contributed by atoms with E-state index in [9.17, 15) is 4.79 Å². The molecular weight excluding hydrogens is 198 g/mol. The maximum atomic E-state index is 11.7. The van der Waals surface area contributed by atoms with Gasteiger partial charge in [-0.3, -0.25) is 9.78 Å². The summed E-state index contributed by atoms with van der Waals surface area (Å²) in [5.41, 5.74) is 5.84. The lowest BCUT2D eigenvalue weighted by atomic mass is 10.2. The lowest BCUT2D eigenvalue weighted by Crippen LogP contribution is -2.00. The molecule has 0 spiro atoms. The monoisotopic (exact) mass is 205 g/mol. The Kier molecular flexibility index (Phi) is 2.24. The van der Waals surface area contributed by atoms with Crippen LogP contribution in [0.15, 0.2) is 30.6 Å². The van der Waals surface area contributed by atoms with Crippen LogP contribution < -0.4 is 5.73 Å². The van der Waals surface area contributed by atoms with Crippen molar-refractivity contribution in [2.75, 3.05) is 5.73 Å². The fraction of sp³-hybridized carbons (Fsp3) is 0. The maximum Gasteiger partial charge on any atom is 0.222 e. The Labute approximate surface area is 84.4 Å². The van der Waals surface area contributed by atoms with E-state index in [1.165, 1.54) is 17.5 Å². The van der Waals surface area contributed by atoms with Gasteiger partial charge in [-0.1, -0.05) is 17.4 Å². The van der Waals surface area contributed by atoms with E-state index in [0.717, 1.165) is 0 Å². The number of anilines is 1. The number of nitrogens with zero attached hydrogens (tertiary/aromatic N) is 2. The van der Waals surface area contributed by atoms with E-state index in [2.05, 4.69) is 9.97 Å². The number of hydrogen-bond acceptors (Lipinski definition) is 5. The van der Waals surface area contributed by atoms with Gasteiger partial charge in [0.2, 0.25) is 5.78 Å². The van der Waals surface area contributed by atoms with Gasteiger partial charge >= 0.3 is 0 Å². The standard InChI is InChI=1S/C9H7N3OS/c10-9-12-5-7(14-9)8(13)6-3-1-2-4-11-6/h1-5H,(H2,10,12). The van der Waals surface area contributed by atoms with Crippen molar-refractivity contribution in [1.29, 1.82) is 0 Å². The van der Waals surface area contributed by atoms with Gasteiger partial charge in [-0.25, -0.2) is 4.98 Å². The maximum absolute atomic E-state index is 11.7. The highest BCUT2D eigenvalue weighted by Crippen LogP contribution is 2.17. The molecule has 0 bridgehead atoms. The number of carbonyl (C=O) groups excluding carboxylic acids is 1. The van der Waals surface area contributed by atoms with Crippen LogP contribution in [0.5, 0.6) is 0 Å². The molecule has 0 fully saturated rings. The third kappa shape index (κ3) is 1.62. The quantitative estimate of drug-likeness (QED) is 0.751. The molecule has 2 heterocycles. The Balaban J connectivity index is 2.34. The normalized spacial score (nSPS) is 10.0. The minimum Gasteiger partial charge on any atom is -0.375 e. The molecule has 14 heavy (non-hydrogen) atoms. The molecule has 0 atom stereocenters. The summed E-state index contributed by atoms with van der Waals surface area (Å²) in [6.07, 6.45) is 3.05. The highest BCUT2D eigenvalue weighted by molar-refractivity contribution is 7.17. The van der Waals surface area contributed by atoms with E-state index in [0.29, 0.717) is 15.7 Å². The molecule has 0 amide bonds. The molecule has 2 aromatic heterocycles. The summed E-state index contributed by atoms with van der Waals surface area (Å²) in [5, 5.41) is 0.393. The zero-order chi connectivity index (χ0) is 9.97. The molecule has 0 saturated carbocycles. The average molecular weight is 205 g/mol. The number of nitrogen functional groups attached to an aromatic ring is 1. The minimum atomic E-state index is -0.139. The molecule has 0 radical (unpaired) electrons. The van der Waals surface area contributed by atoms with Crippen LogP contribution in [-0.2, 0) is 0 Å². The number of ketones is 1. The van der Waals surface area contributed by atoms with Gasteiger partial charge < -0.3 is 5.73 Å². The third-order valence-electron chi connectivity index (χ3n) is 1.64. The van der Waals surface area contributed by atoms with Crippen LogP contribution in [-0.4, -0.2) is 15.8 Å². The van der Waals surface area contributed by atoms with Crippen LogP contribution in [0.2, 0.25) is 0 Å². The molecule has 0 unspecified atom stereocenters. The summed E-state index contributed by atoms with van der Waals surface area (Å²) in [4.78, 5) is 20.0. The summed E-state index contributed by atoms with van der Waals surface area (Å²) >= 11 is 1.17. The molecule has 2 rings (SSSR count). The molecule has 4 nitrogen and oxygen atoms in total. The van der Waals surface area contributed by atoms with Gasteiger partial charge in [-0.15, -0.1) is 0 Å². The molecule has 70 valence electrons. The summed E-state index contributed by atoms with van der Waals surface area (Å²) in [6.45, 7) is 0. The summed E-state index contributed by atoms with van der Waals surface area (Å²) in [5.74, 6) is -0.139. The summed E-state index contributed by atoms with van der Waals surface area (Å²) < 4.78 is 0. The molecule has 2 aromatic rings. The lowest BCUT2D eigenvalue weighted by molar-refractivity contribution is 0.103. The van der Waals surface area contributed by atoms with Crippen molar-refractivity contribution in [3.8, 4) is 0 Å². The number of nitrogens with two attached hydrogens (primary N) is 1. The van der Waals surface area contributed by atoms with Gasteiger partial charge in [0.15, 0.2) is 5.13 Å². The molecule has 0 aliphatic carbocycles. The average Bonchev–Trinajstić information content (AvgIpc) is 2.65. The van der Waals surface area contributed by atoms with Crippen LogP contribution in [0, 0.1) is 0 Å². The van der Waals surface area contributed by atoms with Crippen LogP contribution in [0.3, 0.4) is 0 Å². The fourth-order valence-corrected chi connectivity index (χ4v) is 1.65. The van der Waals surface area contributed by atoms with Crippen molar-refractivity contribution in [2.24, 2.45) is 0 Å². The van der Waals surface area contributed by atoms with Gasteiger partial charge in [0.05, 0.1) is 11.1 Å². The van der Waals surface area contributed by atoms with Crippen molar-refractivity contribution < 1.29 is 4.79 Å². The smallest absolute Gasteiger partial charge is 0.222 e. The van der Waals surface area contributed by atoms with Crippen molar-refractivity contribution in [3.63, 3.8) is 0 Å². The van der Waals surface area contributed by atoms with E-state index in [1.54, 1.807) is 24.4 Å². The predicted octanol–water partition coefficient (Wildman–Crippen LogP) is 1.35. The SMILES string of the molecule is Nc1ncc(C(=O)c2ccccn2)s1. The molecular formula is C9H7N3OS. The summed E-state index contributed by atoms with van der Waals surface area (Å²) in [7, 11) is 0. The van der Waals surface area contributed by atoms with Gasteiger partial charge in [0, 0.05) is 6.20 Å². The van der Waals surface area contributed by atoms with E-state index in [-0.39, 0.29) is 5.78 Å². The highest BCUT2D eigenvalue weighted by atomic mass is 32.1. The van der Waals surface area contributed by atoms with Crippen LogP contribution >= 0.6 is 11.3 Å². The first-order chi connectivity index (χ1) is 6.77. The Morgan fingerprint density at radius 1 is 1.36 bits per heavy atom. The van der Waals surface area contributed by atoms with Crippen LogP contribution in [0.1, 0.15) is 15.4 Å². The summed E-state index contributed by atoms with van der Waals surface area (Å²) in [6, 6.07) is 5.20. The zero-order valence-electron chi connectivity index (χ0n) is 7.18. The Morgan fingerprint density at radius 3 is 2.79 bits per heavy atom. The number of aromatic nitrogens is 2. The molecule has 0 aromatic carbocycles. The van der Waals surface area contributed by atoms with Crippen LogP contribution in [0.4, 0.5) is 5.13 Å². The van der Waals surface area contributed by atoms with Gasteiger partial charge in [0.1, 0.15) is 5.69 Å². The third-order valence-corrected chi connectivity index (χ3v) is 2.47. The van der Waals surface area contributed by atoms with Gasteiger partial charge in [0.25, 0.3) is 0 Å². The second-order valence-electron chi connectivity index (χ2n) is 2.61. The molecule has 2 N–H and O–H groups in total. The van der Waals surface area contributed by atoms with E-state index >= 15 is 0 Å². The minimum absolute atomic E-state index is 0.139. The first-order valence-corrected chi connectivity index (χ1v) is 4.76. The number of pyridine rings is 1. The van der Waals surface area contributed by atoms with Gasteiger partial charge in [-0.05, 0) is 12.1 Å². The van der Waals surface area contributed by atoms with Gasteiger partial charge in [-0.2, -0.15) is 0 Å². The topological polar surface area (TPSA) is 68.9 Å². The largest absolute Gasteiger partial charge is 0.375 e. The van der Waals surface area contributed by atoms with Crippen LogP contribution in [0.25, 0.3) is 0 Å². The fourth-order valence-electron chi connectivity index (χ4n) is 1.02. The molecule has 0 saturated heterocycles. The number of hydrogen-bond donors (Lipinski definition) is 1. The van der Waals surface area contributed by atoms with E-state index in [4.69, 9.17) is 5.73 Å². The lowest BCUT2D eigenvalue weighted by Gasteiger charge is -1.93. The predicted molar refractivity (Wildman–Crippen MR) is 54.2 cm³/mol. The van der Waals surface area contributed by atoms with Crippen molar-refractivity contribution in [3.05, 3.63) is 41.2 Å².